The van der Waals surface area contributed by atoms with Crippen LogP contribution >= 0.6 is 11.6 Å². The van der Waals surface area contributed by atoms with E-state index < -0.39 is 0 Å². The summed E-state index contributed by atoms with van der Waals surface area (Å²) in [6, 6.07) is 7.61. The highest BCUT2D eigenvalue weighted by atomic mass is 35.5. The van der Waals surface area contributed by atoms with Gasteiger partial charge in [0.05, 0.1) is 20.3 Å². The summed E-state index contributed by atoms with van der Waals surface area (Å²) in [5.41, 5.74) is 2.03. The second-order valence-electron chi connectivity index (χ2n) is 6.63. The number of nitrogens with zero attached hydrogens (tertiary/aromatic N) is 2. The molecule has 1 atom stereocenters. The number of pyridine rings is 1. The first kappa shape index (κ1) is 19.7. The Hall–Kier alpha value is -2.02. The number of aliphatic hydroxyl groups is 1. The highest BCUT2D eigenvalue weighted by molar-refractivity contribution is 6.30. The van der Waals surface area contributed by atoms with Crippen molar-refractivity contribution in [2.24, 2.45) is 0 Å². The van der Waals surface area contributed by atoms with E-state index in [0.717, 1.165) is 36.3 Å². The molecule has 2 heterocycles. The van der Waals surface area contributed by atoms with Gasteiger partial charge in [0.25, 0.3) is 0 Å². The van der Waals surface area contributed by atoms with Crippen LogP contribution in [0.1, 0.15) is 24.0 Å². The summed E-state index contributed by atoms with van der Waals surface area (Å²) < 4.78 is 10.8. The predicted octanol–water partition coefficient (Wildman–Crippen LogP) is 3.00. The van der Waals surface area contributed by atoms with Crippen LogP contribution in [0.2, 0.25) is 5.02 Å². The van der Waals surface area contributed by atoms with E-state index in [4.69, 9.17) is 21.1 Å². The molecule has 0 unspecified atom stereocenters. The van der Waals surface area contributed by atoms with Crippen molar-refractivity contribution in [3.05, 3.63) is 46.6 Å². The Morgan fingerprint density at radius 2 is 2.07 bits per heavy atom. The lowest BCUT2D eigenvalue weighted by Crippen LogP contribution is -2.39. The van der Waals surface area contributed by atoms with Gasteiger partial charge in [-0.25, -0.2) is 4.98 Å². The van der Waals surface area contributed by atoms with Crippen molar-refractivity contribution < 1.29 is 14.6 Å². The molecule has 1 aromatic carbocycles. The van der Waals surface area contributed by atoms with E-state index in [1.54, 1.807) is 26.5 Å². The largest absolute Gasteiger partial charge is 0.493 e. The summed E-state index contributed by atoms with van der Waals surface area (Å²) in [4.78, 5) is 6.71. The van der Waals surface area contributed by atoms with Crippen LogP contribution in [0.15, 0.2) is 30.5 Å². The number of nitrogens with one attached hydrogen (secondary N) is 1. The molecule has 2 N–H and O–H groups in total. The van der Waals surface area contributed by atoms with Crippen LogP contribution in [0.25, 0.3) is 0 Å². The zero-order chi connectivity index (χ0) is 19.2. The van der Waals surface area contributed by atoms with Crippen LogP contribution in [0.4, 0.5) is 5.82 Å². The molecule has 1 saturated heterocycles. The molecule has 1 aliphatic heterocycles. The van der Waals surface area contributed by atoms with Gasteiger partial charge in [0, 0.05) is 54.6 Å². The van der Waals surface area contributed by atoms with E-state index in [2.05, 4.69) is 21.3 Å². The molecule has 0 radical (unpaired) electrons. The number of β-amino-alcohol motifs (C(OH)–C–C–N with tert-alkyl or cyclic N) is 1. The van der Waals surface area contributed by atoms with Gasteiger partial charge in [-0.1, -0.05) is 17.7 Å². The average Bonchev–Trinajstić information content (AvgIpc) is 2.68. The highest BCUT2D eigenvalue weighted by Crippen LogP contribution is 2.34. The fraction of sp³-hybridized carbons (Fsp3) is 0.450. The number of hydrogen-bond donors (Lipinski definition) is 2. The molecule has 0 bridgehead atoms. The molecule has 2 aromatic rings. The summed E-state index contributed by atoms with van der Waals surface area (Å²) in [6.07, 6.45) is 3.34. The van der Waals surface area contributed by atoms with Crippen molar-refractivity contribution in [2.75, 3.05) is 32.2 Å². The Labute approximate surface area is 165 Å². The molecule has 3 rings (SSSR count). The number of halogens is 1. The lowest BCUT2D eigenvalue weighted by atomic mass is 10.1. The summed E-state index contributed by atoms with van der Waals surface area (Å²) in [5.74, 6) is 2.23. The van der Waals surface area contributed by atoms with Gasteiger partial charge in [-0.3, -0.25) is 0 Å². The van der Waals surface area contributed by atoms with E-state index in [0.29, 0.717) is 36.2 Å². The topological polar surface area (TPSA) is 66.9 Å². The number of piperidine rings is 1. The number of rotatable bonds is 7. The molecule has 146 valence electrons. The van der Waals surface area contributed by atoms with Gasteiger partial charge >= 0.3 is 0 Å². The molecule has 0 aliphatic carbocycles. The van der Waals surface area contributed by atoms with Crippen molar-refractivity contribution >= 4 is 17.4 Å². The van der Waals surface area contributed by atoms with Gasteiger partial charge in [0.15, 0.2) is 11.5 Å². The molecule has 0 spiro atoms. The fourth-order valence-electron chi connectivity index (χ4n) is 3.47. The third-order valence-corrected chi connectivity index (χ3v) is 4.93. The van der Waals surface area contributed by atoms with Crippen LogP contribution in [-0.4, -0.2) is 43.5 Å². The molecular weight excluding hydrogens is 366 g/mol. The van der Waals surface area contributed by atoms with Crippen LogP contribution in [0.5, 0.6) is 11.5 Å². The number of aliphatic hydroxyl groups excluding tert-OH is 1. The molecule has 1 aromatic heterocycles. The summed E-state index contributed by atoms with van der Waals surface area (Å²) in [7, 11) is 3.22. The normalized spacial score (nSPS) is 17.0. The smallest absolute Gasteiger partial charge is 0.165 e. The highest BCUT2D eigenvalue weighted by Gasteiger charge is 2.21. The van der Waals surface area contributed by atoms with Crippen molar-refractivity contribution in [2.45, 2.75) is 32.0 Å². The van der Waals surface area contributed by atoms with Gasteiger partial charge in [-0.05, 0) is 25.0 Å². The molecule has 7 heteroatoms. The van der Waals surface area contributed by atoms with Gasteiger partial charge in [0.2, 0.25) is 0 Å². The zero-order valence-corrected chi connectivity index (χ0v) is 16.5. The lowest BCUT2D eigenvalue weighted by Gasteiger charge is -2.32. The van der Waals surface area contributed by atoms with Crippen LogP contribution in [0.3, 0.4) is 0 Å². The minimum atomic E-state index is -0.287. The van der Waals surface area contributed by atoms with E-state index in [9.17, 15) is 5.11 Å². The van der Waals surface area contributed by atoms with Crippen molar-refractivity contribution in [3.8, 4) is 11.5 Å². The van der Waals surface area contributed by atoms with Gasteiger partial charge in [-0.15, -0.1) is 0 Å². The number of anilines is 1. The molecule has 1 aliphatic rings. The summed E-state index contributed by atoms with van der Waals surface area (Å²) in [6.45, 7) is 2.77. The number of benzene rings is 1. The molecule has 27 heavy (non-hydrogen) atoms. The monoisotopic (exact) mass is 391 g/mol. The minimum absolute atomic E-state index is 0.287. The maximum atomic E-state index is 9.97. The third-order valence-electron chi connectivity index (χ3n) is 4.72. The Kier molecular flexibility index (Phi) is 6.77. The zero-order valence-electron chi connectivity index (χ0n) is 15.7. The molecular formula is C20H26ClN3O3. The maximum absolute atomic E-state index is 9.97. The first-order valence-electron chi connectivity index (χ1n) is 9.10. The lowest BCUT2D eigenvalue weighted by molar-refractivity contribution is 0.154. The van der Waals surface area contributed by atoms with Gasteiger partial charge in [-0.2, -0.15) is 0 Å². The number of hydrogen-bond acceptors (Lipinski definition) is 6. The van der Waals surface area contributed by atoms with E-state index in [-0.39, 0.29) is 6.10 Å². The molecule has 0 amide bonds. The van der Waals surface area contributed by atoms with E-state index in [1.807, 2.05) is 12.1 Å². The molecule has 6 nitrogen and oxygen atoms in total. The summed E-state index contributed by atoms with van der Waals surface area (Å²) >= 11 is 6.19. The summed E-state index contributed by atoms with van der Waals surface area (Å²) in [5, 5.41) is 14.0. The SMILES string of the molecule is COc1cc(Cl)cc(CNCc2cccnc2N2CCC[C@H](O)C2)c1OC. The first-order valence-corrected chi connectivity index (χ1v) is 9.48. The second kappa shape index (κ2) is 9.26. The van der Waals surface area contributed by atoms with Crippen molar-refractivity contribution in [3.63, 3.8) is 0 Å². The van der Waals surface area contributed by atoms with Gasteiger partial charge < -0.3 is 24.8 Å². The Morgan fingerprint density at radius 3 is 2.81 bits per heavy atom. The van der Waals surface area contributed by atoms with Crippen LogP contribution in [0, 0.1) is 0 Å². The van der Waals surface area contributed by atoms with E-state index >= 15 is 0 Å². The second-order valence-corrected chi connectivity index (χ2v) is 7.07. The van der Waals surface area contributed by atoms with Crippen LogP contribution < -0.4 is 19.7 Å². The number of aromatic nitrogens is 1. The third kappa shape index (κ3) is 4.83. The standard InChI is InChI=1S/C20H26ClN3O3/c1-26-18-10-16(21)9-15(19(18)27-2)12-22-11-14-5-3-7-23-20(14)24-8-4-6-17(25)13-24/h3,5,7,9-10,17,22,25H,4,6,8,11-13H2,1-2H3/t17-/m0/s1. The van der Waals surface area contributed by atoms with Gasteiger partial charge in [0.1, 0.15) is 5.82 Å². The van der Waals surface area contributed by atoms with Crippen LogP contribution in [-0.2, 0) is 13.1 Å². The number of methoxy groups -OCH3 is 2. The fourth-order valence-corrected chi connectivity index (χ4v) is 3.70. The predicted molar refractivity (Wildman–Crippen MR) is 107 cm³/mol. The minimum Gasteiger partial charge on any atom is -0.493 e. The maximum Gasteiger partial charge on any atom is 0.165 e. The Bertz CT molecular complexity index is 772. The van der Waals surface area contributed by atoms with E-state index in [1.165, 1.54) is 0 Å². The molecule has 0 saturated carbocycles. The first-order chi connectivity index (χ1) is 13.1. The Balaban J connectivity index is 1.71. The Morgan fingerprint density at radius 1 is 1.26 bits per heavy atom. The molecule has 1 fully saturated rings. The quantitative estimate of drug-likeness (QED) is 0.756. The van der Waals surface area contributed by atoms with Crippen molar-refractivity contribution in [1.29, 1.82) is 0 Å². The number of ether oxygens (including phenoxy) is 2. The van der Waals surface area contributed by atoms with Crippen molar-refractivity contribution in [1.82, 2.24) is 10.3 Å². The average molecular weight is 392 g/mol.